The van der Waals surface area contributed by atoms with Gasteiger partial charge < -0.3 is 19.9 Å². The maximum Gasteiger partial charge on any atom is 0.322 e. The van der Waals surface area contributed by atoms with Gasteiger partial charge in [-0.25, -0.2) is 9.78 Å². The van der Waals surface area contributed by atoms with Crippen molar-refractivity contribution in [3.63, 3.8) is 0 Å². The van der Waals surface area contributed by atoms with Crippen molar-refractivity contribution in [2.45, 2.75) is 6.92 Å². The fourth-order valence-corrected chi connectivity index (χ4v) is 4.16. The number of hydrogen-bond donors (Lipinski definition) is 1. The summed E-state index contributed by atoms with van der Waals surface area (Å²) in [6.45, 7) is 5.38. The zero-order valence-corrected chi connectivity index (χ0v) is 16.0. The topological polar surface area (TPSA) is 57.7 Å². The Labute approximate surface area is 162 Å². The van der Waals surface area contributed by atoms with Gasteiger partial charge in [0.15, 0.2) is 5.13 Å². The second kappa shape index (κ2) is 7.84. The lowest BCUT2D eigenvalue weighted by atomic mass is 10.3. The molecule has 0 radical (unpaired) electrons. The highest BCUT2D eigenvalue weighted by atomic mass is 32.1. The van der Waals surface area contributed by atoms with Crippen LogP contribution in [0.2, 0.25) is 0 Å². The van der Waals surface area contributed by atoms with Gasteiger partial charge >= 0.3 is 6.03 Å². The molecule has 0 unspecified atom stereocenters. The SMILES string of the molecule is CCOc1ccccc1NC(=O)N1CCN(c2nc3ccccc3s2)CC1. The first-order valence-electron chi connectivity index (χ1n) is 9.13. The van der Waals surface area contributed by atoms with E-state index in [4.69, 9.17) is 9.72 Å². The maximum atomic E-state index is 12.6. The number of fused-ring (bicyclic) bond motifs is 1. The van der Waals surface area contributed by atoms with Crippen molar-refractivity contribution in [2.75, 3.05) is 43.0 Å². The van der Waals surface area contributed by atoms with E-state index < -0.39 is 0 Å². The maximum absolute atomic E-state index is 12.6. The van der Waals surface area contributed by atoms with Gasteiger partial charge in [0.1, 0.15) is 5.75 Å². The average Bonchev–Trinajstić information content (AvgIpc) is 3.14. The fourth-order valence-electron chi connectivity index (χ4n) is 3.14. The monoisotopic (exact) mass is 382 g/mol. The van der Waals surface area contributed by atoms with Gasteiger partial charge in [-0.2, -0.15) is 0 Å². The molecule has 140 valence electrons. The van der Waals surface area contributed by atoms with E-state index in [1.54, 1.807) is 11.3 Å². The van der Waals surface area contributed by atoms with E-state index in [1.165, 1.54) is 4.70 Å². The Kier molecular flexibility index (Phi) is 5.11. The molecule has 4 rings (SSSR count). The molecule has 0 aliphatic carbocycles. The molecule has 1 saturated heterocycles. The van der Waals surface area contributed by atoms with Crippen molar-refractivity contribution in [3.05, 3.63) is 48.5 Å². The minimum Gasteiger partial charge on any atom is -0.492 e. The van der Waals surface area contributed by atoms with Gasteiger partial charge in [-0.3, -0.25) is 0 Å². The van der Waals surface area contributed by atoms with Crippen molar-refractivity contribution >= 4 is 38.4 Å². The highest BCUT2D eigenvalue weighted by molar-refractivity contribution is 7.22. The zero-order chi connectivity index (χ0) is 18.6. The average molecular weight is 382 g/mol. The first kappa shape index (κ1) is 17.6. The minimum absolute atomic E-state index is 0.0916. The summed E-state index contributed by atoms with van der Waals surface area (Å²) in [5, 5.41) is 4.00. The third kappa shape index (κ3) is 3.83. The molecular formula is C20H22N4O2S. The van der Waals surface area contributed by atoms with Crippen molar-refractivity contribution in [1.29, 1.82) is 0 Å². The van der Waals surface area contributed by atoms with E-state index in [0.717, 1.165) is 23.7 Å². The summed E-state index contributed by atoms with van der Waals surface area (Å²) >= 11 is 1.70. The molecule has 1 aliphatic heterocycles. The van der Waals surface area contributed by atoms with Crippen molar-refractivity contribution in [2.24, 2.45) is 0 Å². The molecule has 1 N–H and O–H groups in total. The molecule has 1 aromatic heterocycles. The number of rotatable bonds is 4. The smallest absolute Gasteiger partial charge is 0.322 e. The third-order valence-electron chi connectivity index (χ3n) is 4.55. The second-order valence-corrected chi connectivity index (χ2v) is 7.31. The predicted octanol–water partition coefficient (Wildman–Crippen LogP) is 4.05. The molecule has 2 amide bonds. The molecule has 2 aromatic carbocycles. The van der Waals surface area contributed by atoms with Crippen LogP contribution in [0.5, 0.6) is 5.75 Å². The Morgan fingerprint density at radius 2 is 1.85 bits per heavy atom. The van der Waals surface area contributed by atoms with Crippen LogP contribution in [0.1, 0.15) is 6.92 Å². The Bertz CT molecular complexity index is 901. The summed E-state index contributed by atoms with van der Waals surface area (Å²) in [5.74, 6) is 0.696. The number of amides is 2. The molecule has 7 heteroatoms. The van der Waals surface area contributed by atoms with Gasteiger partial charge in [-0.05, 0) is 31.2 Å². The molecule has 3 aromatic rings. The van der Waals surface area contributed by atoms with Gasteiger partial charge in [0.05, 0.1) is 22.5 Å². The van der Waals surface area contributed by atoms with Crippen LogP contribution < -0.4 is 15.0 Å². The van der Waals surface area contributed by atoms with E-state index in [-0.39, 0.29) is 6.03 Å². The highest BCUT2D eigenvalue weighted by Gasteiger charge is 2.23. The Balaban J connectivity index is 1.38. The van der Waals surface area contributed by atoms with Crippen LogP contribution in [-0.4, -0.2) is 48.7 Å². The number of nitrogens with zero attached hydrogens (tertiary/aromatic N) is 3. The first-order valence-corrected chi connectivity index (χ1v) is 9.94. The number of hydrogen-bond acceptors (Lipinski definition) is 5. The number of anilines is 2. The van der Waals surface area contributed by atoms with Crippen LogP contribution in [0, 0.1) is 0 Å². The molecule has 0 bridgehead atoms. The summed E-state index contributed by atoms with van der Waals surface area (Å²) < 4.78 is 6.78. The number of carbonyl (C=O) groups excluding carboxylic acids is 1. The summed E-state index contributed by atoms with van der Waals surface area (Å²) in [4.78, 5) is 21.4. The number of benzene rings is 2. The predicted molar refractivity (Wildman–Crippen MR) is 110 cm³/mol. The van der Waals surface area contributed by atoms with Gasteiger partial charge in [-0.15, -0.1) is 0 Å². The Morgan fingerprint density at radius 1 is 1.11 bits per heavy atom. The lowest BCUT2D eigenvalue weighted by molar-refractivity contribution is 0.208. The van der Waals surface area contributed by atoms with Crippen LogP contribution in [0.25, 0.3) is 10.2 Å². The largest absolute Gasteiger partial charge is 0.492 e. The van der Waals surface area contributed by atoms with Crippen LogP contribution in [-0.2, 0) is 0 Å². The number of carbonyl (C=O) groups is 1. The molecule has 2 heterocycles. The molecular weight excluding hydrogens is 360 g/mol. The van der Waals surface area contributed by atoms with Gasteiger partial charge in [0.2, 0.25) is 0 Å². The summed E-state index contributed by atoms with van der Waals surface area (Å²) in [5.41, 5.74) is 1.74. The number of para-hydroxylation sites is 3. The van der Waals surface area contributed by atoms with E-state index in [0.29, 0.717) is 31.1 Å². The van der Waals surface area contributed by atoms with Crippen molar-refractivity contribution in [1.82, 2.24) is 9.88 Å². The lowest BCUT2D eigenvalue weighted by Crippen LogP contribution is -2.50. The van der Waals surface area contributed by atoms with Gasteiger partial charge in [0.25, 0.3) is 0 Å². The van der Waals surface area contributed by atoms with E-state index in [2.05, 4.69) is 16.3 Å². The molecule has 0 atom stereocenters. The molecule has 0 saturated carbocycles. The van der Waals surface area contributed by atoms with Gasteiger partial charge in [0, 0.05) is 26.2 Å². The van der Waals surface area contributed by atoms with Crippen LogP contribution in [0.15, 0.2) is 48.5 Å². The number of thiazole rings is 1. The van der Waals surface area contributed by atoms with Crippen LogP contribution >= 0.6 is 11.3 Å². The molecule has 1 aliphatic rings. The van der Waals surface area contributed by atoms with Crippen molar-refractivity contribution in [3.8, 4) is 5.75 Å². The normalized spacial score (nSPS) is 14.4. The minimum atomic E-state index is -0.0916. The van der Waals surface area contributed by atoms with Gasteiger partial charge in [-0.1, -0.05) is 35.6 Å². The Morgan fingerprint density at radius 3 is 2.63 bits per heavy atom. The standard InChI is InChI=1S/C20H22N4O2S/c1-2-26-17-9-5-3-7-15(17)21-19(25)23-11-13-24(14-12-23)20-22-16-8-4-6-10-18(16)27-20/h3-10H,2,11-14H2,1H3,(H,21,25). The number of nitrogens with one attached hydrogen (secondary N) is 1. The highest BCUT2D eigenvalue weighted by Crippen LogP contribution is 2.29. The third-order valence-corrected chi connectivity index (χ3v) is 5.65. The zero-order valence-electron chi connectivity index (χ0n) is 15.2. The molecule has 6 nitrogen and oxygen atoms in total. The molecule has 27 heavy (non-hydrogen) atoms. The number of urea groups is 1. The van der Waals surface area contributed by atoms with E-state index in [9.17, 15) is 4.79 Å². The Hall–Kier alpha value is -2.80. The first-order chi connectivity index (χ1) is 13.2. The number of ether oxygens (including phenoxy) is 1. The van der Waals surface area contributed by atoms with Crippen molar-refractivity contribution < 1.29 is 9.53 Å². The second-order valence-electron chi connectivity index (χ2n) is 6.30. The molecule has 1 fully saturated rings. The lowest BCUT2D eigenvalue weighted by Gasteiger charge is -2.34. The number of aromatic nitrogens is 1. The quantitative estimate of drug-likeness (QED) is 0.740. The fraction of sp³-hybridized carbons (Fsp3) is 0.300. The van der Waals surface area contributed by atoms with E-state index >= 15 is 0 Å². The van der Waals surface area contributed by atoms with Crippen LogP contribution in [0.4, 0.5) is 15.6 Å². The summed E-state index contributed by atoms with van der Waals surface area (Å²) in [6.07, 6.45) is 0. The number of piperazine rings is 1. The van der Waals surface area contributed by atoms with Crippen LogP contribution in [0.3, 0.4) is 0 Å². The summed E-state index contributed by atoms with van der Waals surface area (Å²) in [6, 6.07) is 15.6. The molecule has 0 spiro atoms. The van der Waals surface area contributed by atoms with E-state index in [1.807, 2.05) is 54.3 Å². The summed E-state index contributed by atoms with van der Waals surface area (Å²) in [7, 11) is 0.